The van der Waals surface area contributed by atoms with E-state index in [0.717, 1.165) is 16.8 Å². The maximum absolute atomic E-state index is 5.25. The molecule has 3 heteroatoms. The average Bonchev–Trinajstić information content (AvgIpc) is 2.83. The lowest BCUT2D eigenvalue weighted by molar-refractivity contribution is 0.412. The van der Waals surface area contributed by atoms with Crippen molar-refractivity contribution in [2.75, 3.05) is 7.11 Å². The Morgan fingerprint density at radius 1 is 1.11 bits per heavy atom. The standard InChI is InChI=1S/C16H14BrNO/c1-19-16-7-6-12(10-14(16)17)11-18-9-8-13-4-2-3-5-15(13)18/h2-10H,11H2,1H3. The number of benzene rings is 2. The van der Waals surface area contributed by atoms with Crippen LogP contribution in [-0.4, -0.2) is 11.7 Å². The second-order valence-corrected chi connectivity index (χ2v) is 5.33. The van der Waals surface area contributed by atoms with Crippen molar-refractivity contribution in [3.8, 4) is 5.75 Å². The minimum atomic E-state index is 0.857. The lowest BCUT2D eigenvalue weighted by Crippen LogP contribution is -1.98. The molecule has 1 aromatic heterocycles. The fourth-order valence-electron chi connectivity index (χ4n) is 2.28. The summed E-state index contributed by atoms with van der Waals surface area (Å²) >= 11 is 3.53. The van der Waals surface area contributed by atoms with Gasteiger partial charge in [-0.2, -0.15) is 0 Å². The van der Waals surface area contributed by atoms with E-state index in [-0.39, 0.29) is 0 Å². The molecule has 3 rings (SSSR count). The van der Waals surface area contributed by atoms with E-state index in [4.69, 9.17) is 4.74 Å². The van der Waals surface area contributed by atoms with Crippen molar-refractivity contribution in [1.82, 2.24) is 4.57 Å². The second kappa shape index (κ2) is 5.10. The first-order valence-corrected chi connectivity index (χ1v) is 6.93. The Hall–Kier alpha value is -1.74. The molecule has 0 N–H and O–H groups in total. The molecule has 96 valence electrons. The third-order valence-electron chi connectivity index (χ3n) is 3.25. The van der Waals surface area contributed by atoms with Gasteiger partial charge in [0, 0.05) is 18.3 Å². The topological polar surface area (TPSA) is 14.2 Å². The first-order chi connectivity index (χ1) is 9.28. The summed E-state index contributed by atoms with van der Waals surface area (Å²) in [4.78, 5) is 0. The number of fused-ring (bicyclic) bond motifs is 1. The Bertz CT molecular complexity index is 718. The van der Waals surface area contributed by atoms with Crippen LogP contribution < -0.4 is 4.74 Å². The molecule has 2 aromatic carbocycles. The summed E-state index contributed by atoms with van der Waals surface area (Å²) in [7, 11) is 1.68. The summed E-state index contributed by atoms with van der Waals surface area (Å²) in [6.45, 7) is 0.857. The summed E-state index contributed by atoms with van der Waals surface area (Å²) in [6.07, 6.45) is 2.13. The number of hydrogen-bond acceptors (Lipinski definition) is 1. The molecule has 0 amide bonds. The fraction of sp³-hybridized carbons (Fsp3) is 0.125. The Kier molecular flexibility index (Phi) is 3.30. The summed E-state index contributed by atoms with van der Waals surface area (Å²) in [6, 6.07) is 16.8. The van der Waals surface area contributed by atoms with Gasteiger partial charge in [0.15, 0.2) is 0 Å². The highest BCUT2D eigenvalue weighted by Gasteiger charge is 2.04. The molecule has 0 radical (unpaired) electrons. The Morgan fingerprint density at radius 3 is 2.74 bits per heavy atom. The van der Waals surface area contributed by atoms with Gasteiger partial charge in [0.2, 0.25) is 0 Å². The number of hydrogen-bond donors (Lipinski definition) is 0. The van der Waals surface area contributed by atoms with Crippen molar-refractivity contribution in [3.63, 3.8) is 0 Å². The van der Waals surface area contributed by atoms with Gasteiger partial charge in [-0.05, 0) is 51.1 Å². The smallest absolute Gasteiger partial charge is 0.133 e. The summed E-state index contributed by atoms with van der Waals surface area (Å²) in [5, 5.41) is 1.27. The van der Waals surface area contributed by atoms with E-state index in [9.17, 15) is 0 Å². The van der Waals surface area contributed by atoms with E-state index in [1.807, 2.05) is 6.07 Å². The van der Waals surface area contributed by atoms with Crippen LogP contribution in [0.25, 0.3) is 10.9 Å². The van der Waals surface area contributed by atoms with Gasteiger partial charge in [0.25, 0.3) is 0 Å². The molecule has 19 heavy (non-hydrogen) atoms. The first kappa shape index (κ1) is 12.3. The van der Waals surface area contributed by atoms with Gasteiger partial charge in [-0.15, -0.1) is 0 Å². The zero-order valence-corrected chi connectivity index (χ0v) is 12.2. The number of ether oxygens (including phenoxy) is 1. The van der Waals surface area contributed by atoms with Gasteiger partial charge in [-0.3, -0.25) is 0 Å². The lowest BCUT2D eigenvalue weighted by atomic mass is 10.2. The molecule has 0 bridgehead atoms. The molecule has 0 saturated heterocycles. The molecule has 3 aromatic rings. The highest BCUT2D eigenvalue weighted by molar-refractivity contribution is 9.10. The maximum Gasteiger partial charge on any atom is 0.133 e. The molecule has 0 spiro atoms. The van der Waals surface area contributed by atoms with E-state index >= 15 is 0 Å². The van der Waals surface area contributed by atoms with Gasteiger partial charge in [0.05, 0.1) is 11.6 Å². The fourth-order valence-corrected chi connectivity index (χ4v) is 2.87. The zero-order chi connectivity index (χ0) is 13.2. The first-order valence-electron chi connectivity index (χ1n) is 6.14. The summed E-state index contributed by atoms with van der Waals surface area (Å²) < 4.78 is 8.50. The predicted octanol–water partition coefficient (Wildman–Crippen LogP) is 4.46. The van der Waals surface area contributed by atoms with Crippen molar-refractivity contribution < 1.29 is 4.74 Å². The Morgan fingerprint density at radius 2 is 1.95 bits per heavy atom. The van der Waals surface area contributed by atoms with Crippen molar-refractivity contribution in [2.45, 2.75) is 6.54 Å². The molecule has 0 saturated carbocycles. The molecule has 2 nitrogen and oxygen atoms in total. The van der Waals surface area contributed by atoms with Gasteiger partial charge >= 0.3 is 0 Å². The van der Waals surface area contributed by atoms with Crippen LogP contribution >= 0.6 is 15.9 Å². The largest absolute Gasteiger partial charge is 0.496 e. The minimum absolute atomic E-state index is 0.857. The van der Waals surface area contributed by atoms with Crippen molar-refractivity contribution in [3.05, 3.63) is 64.8 Å². The van der Waals surface area contributed by atoms with Crippen LogP contribution in [0.2, 0.25) is 0 Å². The van der Waals surface area contributed by atoms with Crippen molar-refractivity contribution in [1.29, 1.82) is 0 Å². The van der Waals surface area contributed by atoms with E-state index < -0.39 is 0 Å². The van der Waals surface area contributed by atoms with Gasteiger partial charge < -0.3 is 9.30 Å². The third-order valence-corrected chi connectivity index (χ3v) is 3.87. The lowest BCUT2D eigenvalue weighted by Gasteiger charge is -2.08. The van der Waals surface area contributed by atoms with Crippen LogP contribution in [-0.2, 0) is 6.54 Å². The highest BCUT2D eigenvalue weighted by atomic mass is 79.9. The van der Waals surface area contributed by atoms with Crippen LogP contribution in [0, 0.1) is 0 Å². The molecule has 0 aliphatic rings. The molecule has 0 aliphatic heterocycles. The molecule has 0 aliphatic carbocycles. The second-order valence-electron chi connectivity index (χ2n) is 4.47. The minimum Gasteiger partial charge on any atom is -0.496 e. The van der Waals surface area contributed by atoms with E-state index in [2.05, 4.69) is 69.2 Å². The number of methoxy groups -OCH3 is 1. The van der Waals surface area contributed by atoms with E-state index in [1.165, 1.54) is 16.5 Å². The van der Waals surface area contributed by atoms with Gasteiger partial charge in [-0.1, -0.05) is 24.3 Å². The maximum atomic E-state index is 5.25. The van der Waals surface area contributed by atoms with Crippen LogP contribution in [0.15, 0.2) is 59.2 Å². The average molecular weight is 316 g/mol. The molecular weight excluding hydrogens is 302 g/mol. The van der Waals surface area contributed by atoms with Crippen LogP contribution in [0.5, 0.6) is 5.75 Å². The highest BCUT2D eigenvalue weighted by Crippen LogP contribution is 2.26. The predicted molar refractivity (Wildman–Crippen MR) is 81.7 cm³/mol. The monoisotopic (exact) mass is 315 g/mol. The van der Waals surface area contributed by atoms with Crippen LogP contribution in [0.4, 0.5) is 0 Å². The molecular formula is C16H14BrNO. The molecule has 1 heterocycles. The number of para-hydroxylation sites is 1. The number of aromatic nitrogens is 1. The Balaban J connectivity index is 1.95. The number of rotatable bonds is 3. The number of nitrogens with zero attached hydrogens (tertiary/aromatic N) is 1. The SMILES string of the molecule is COc1ccc(Cn2ccc3ccccc32)cc1Br. The normalized spacial score (nSPS) is 10.8. The van der Waals surface area contributed by atoms with Gasteiger partial charge in [0.1, 0.15) is 5.75 Å². The Labute approximate surface area is 120 Å². The van der Waals surface area contributed by atoms with Crippen LogP contribution in [0.1, 0.15) is 5.56 Å². The molecule has 0 atom stereocenters. The van der Waals surface area contributed by atoms with Crippen LogP contribution in [0.3, 0.4) is 0 Å². The van der Waals surface area contributed by atoms with Crippen molar-refractivity contribution >= 4 is 26.8 Å². The third kappa shape index (κ3) is 2.38. The van der Waals surface area contributed by atoms with E-state index in [1.54, 1.807) is 7.11 Å². The molecule has 0 unspecified atom stereocenters. The number of halogens is 1. The summed E-state index contributed by atoms with van der Waals surface area (Å²) in [5.74, 6) is 0.862. The van der Waals surface area contributed by atoms with E-state index in [0.29, 0.717) is 0 Å². The summed E-state index contributed by atoms with van der Waals surface area (Å²) in [5.41, 5.74) is 2.50. The zero-order valence-electron chi connectivity index (χ0n) is 10.6. The van der Waals surface area contributed by atoms with Crippen molar-refractivity contribution in [2.24, 2.45) is 0 Å². The quantitative estimate of drug-likeness (QED) is 0.696. The molecule has 0 fully saturated rings. The van der Waals surface area contributed by atoms with Gasteiger partial charge in [-0.25, -0.2) is 0 Å².